The maximum absolute atomic E-state index is 13.4. The fraction of sp³-hybridized carbons (Fsp3) is 0.952. The first kappa shape index (κ1) is 48.4. The van der Waals surface area contributed by atoms with Gasteiger partial charge in [-0.3, -0.25) is 0 Å². The molecule has 0 saturated carbocycles. The van der Waals surface area contributed by atoms with Gasteiger partial charge in [0.15, 0.2) is 18.5 Å². The molecular weight excluding hydrogens is 662 g/mol. The Kier molecular flexibility index (Phi) is 30.5. The number of unbranched alkanes of at least 4 members (excludes halogenated alkanes) is 16. The topological polar surface area (TPSA) is 113 Å². The second-order valence-electron chi connectivity index (χ2n) is 15.2. The SMILES string of the molecule is CCCCCCCCC(CCCCCC)OC(=O)O[C@H]1[C@H](OCCCN(C)C)O[C@H](CO)[C@H]1OC(=O)OC(CCCCCC)CCCCCCCC. The first-order chi connectivity index (χ1) is 25.3. The molecule has 1 aliphatic rings. The fourth-order valence-corrected chi connectivity index (χ4v) is 6.80. The minimum atomic E-state index is -1.12. The van der Waals surface area contributed by atoms with Crippen LogP contribution in [0.3, 0.4) is 0 Å². The number of hydrogen-bond donors (Lipinski definition) is 1. The number of carbonyl (C=O) groups excluding carboxylic acids is 2. The molecule has 0 amide bonds. The van der Waals surface area contributed by atoms with Crippen LogP contribution in [0.1, 0.15) is 188 Å². The fourth-order valence-electron chi connectivity index (χ4n) is 6.80. The van der Waals surface area contributed by atoms with E-state index >= 15 is 0 Å². The molecule has 0 spiro atoms. The Bertz CT molecular complexity index is 844. The summed E-state index contributed by atoms with van der Waals surface area (Å²) in [6, 6.07) is 0. The summed E-state index contributed by atoms with van der Waals surface area (Å²) in [5.41, 5.74) is 0. The highest BCUT2D eigenvalue weighted by atomic mass is 16.8. The quantitative estimate of drug-likeness (QED) is 0.0505. The zero-order valence-electron chi connectivity index (χ0n) is 34.4. The van der Waals surface area contributed by atoms with Gasteiger partial charge < -0.3 is 38.4 Å². The van der Waals surface area contributed by atoms with Crippen molar-refractivity contribution in [1.29, 1.82) is 0 Å². The maximum atomic E-state index is 13.4. The van der Waals surface area contributed by atoms with Crippen molar-refractivity contribution in [3.63, 3.8) is 0 Å². The molecule has 10 heteroatoms. The number of aliphatic hydroxyl groups is 1. The number of carbonyl (C=O) groups is 2. The van der Waals surface area contributed by atoms with Gasteiger partial charge in [-0.25, -0.2) is 9.59 Å². The van der Waals surface area contributed by atoms with Crippen LogP contribution in [-0.2, 0) is 28.4 Å². The summed E-state index contributed by atoms with van der Waals surface area (Å²) in [7, 11) is 3.97. The standard InChI is InChI=1S/C42H81NO9/c1-7-11-15-19-21-25-30-35(28-23-17-13-9-3)48-41(45)51-38-37(34-44)50-40(47-33-27-32-43(5)6)39(38)52-42(46)49-36(29-24-18-14-10-4)31-26-22-20-16-12-8-2/h35-40,44H,7-34H2,1-6H3/t35?,36?,37-,38-,39-,40-/m1/s1. The summed E-state index contributed by atoms with van der Waals surface area (Å²) < 4.78 is 35.7. The predicted molar refractivity (Wildman–Crippen MR) is 209 cm³/mol. The number of aliphatic hydroxyl groups excluding tert-OH is 1. The van der Waals surface area contributed by atoms with Crippen LogP contribution in [0.2, 0.25) is 0 Å². The van der Waals surface area contributed by atoms with E-state index in [1.54, 1.807) is 0 Å². The van der Waals surface area contributed by atoms with Gasteiger partial charge in [-0.15, -0.1) is 0 Å². The lowest BCUT2D eigenvalue weighted by atomic mass is 10.0. The van der Waals surface area contributed by atoms with Crippen LogP contribution in [0.4, 0.5) is 9.59 Å². The van der Waals surface area contributed by atoms with E-state index in [-0.39, 0.29) is 12.2 Å². The highest BCUT2D eigenvalue weighted by Crippen LogP contribution is 2.30. The highest BCUT2D eigenvalue weighted by Gasteiger charge is 2.51. The van der Waals surface area contributed by atoms with Gasteiger partial charge in [0.25, 0.3) is 0 Å². The Hall–Kier alpha value is -1.62. The van der Waals surface area contributed by atoms with Crippen molar-refractivity contribution in [3.8, 4) is 0 Å². The van der Waals surface area contributed by atoms with Gasteiger partial charge in [0.2, 0.25) is 0 Å². The molecule has 0 aromatic rings. The van der Waals surface area contributed by atoms with Gasteiger partial charge in [0, 0.05) is 0 Å². The van der Waals surface area contributed by atoms with Gasteiger partial charge in [-0.1, -0.05) is 130 Å². The Morgan fingerprint density at radius 2 is 0.962 bits per heavy atom. The van der Waals surface area contributed by atoms with E-state index in [9.17, 15) is 14.7 Å². The van der Waals surface area contributed by atoms with Gasteiger partial charge in [-0.2, -0.15) is 0 Å². The van der Waals surface area contributed by atoms with Gasteiger partial charge in [-0.05, 0) is 78.4 Å². The van der Waals surface area contributed by atoms with Crippen molar-refractivity contribution in [2.24, 2.45) is 0 Å². The summed E-state index contributed by atoms with van der Waals surface area (Å²) in [6.45, 7) is 9.48. The largest absolute Gasteiger partial charge is 0.509 e. The van der Waals surface area contributed by atoms with E-state index in [0.717, 1.165) is 116 Å². The zero-order chi connectivity index (χ0) is 38.2. The first-order valence-corrected chi connectivity index (χ1v) is 21.6. The smallest absolute Gasteiger partial charge is 0.431 e. The Balaban J connectivity index is 3.02. The van der Waals surface area contributed by atoms with Crippen molar-refractivity contribution < 1.29 is 43.1 Å². The van der Waals surface area contributed by atoms with Crippen LogP contribution in [0, 0.1) is 0 Å². The van der Waals surface area contributed by atoms with Crippen molar-refractivity contribution in [2.75, 3.05) is 33.9 Å². The minimum Gasteiger partial charge on any atom is -0.431 e. The molecule has 1 fully saturated rings. The third kappa shape index (κ3) is 23.9. The third-order valence-corrected chi connectivity index (χ3v) is 9.99. The average Bonchev–Trinajstić information content (AvgIpc) is 3.44. The molecule has 6 atom stereocenters. The molecule has 0 bridgehead atoms. The molecule has 10 nitrogen and oxygen atoms in total. The molecule has 1 N–H and O–H groups in total. The summed E-state index contributed by atoms with van der Waals surface area (Å²) in [6.07, 6.45) is 20.1. The molecule has 52 heavy (non-hydrogen) atoms. The Labute approximate surface area is 318 Å². The lowest BCUT2D eigenvalue weighted by Gasteiger charge is -2.26. The van der Waals surface area contributed by atoms with Crippen LogP contribution in [-0.4, -0.2) is 93.0 Å². The lowest BCUT2D eigenvalue weighted by Crippen LogP contribution is -2.43. The minimum absolute atomic E-state index is 0.259. The van der Waals surface area contributed by atoms with Crippen LogP contribution in [0.15, 0.2) is 0 Å². The number of hydrogen-bond acceptors (Lipinski definition) is 10. The average molecular weight is 744 g/mol. The molecule has 1 saturated heterocycles. The van der Waals surface area contributed by atoms with Crippen LogP contribution < -0.4 is 0 Å². The molecule has 0 radical (unpaired) electrons. The van der Waals surface area contributed by atoms with Gasteiger partial charge >= 0.3 is 12.3 Å². The van der Waals surface area contributed by atoms with Crippen molar-refractivity contribution in [3.05, 3.63) is 0 Å². The maximum Gasteiger partial charge on any atom is 0.509 e. The van der Waals surface area contributed by atoms with Gasteiger partial charge in [0.1, 0.15) is 18.3 Å². The Morgan fingerprint density at radius 3 is 1.37 bits per heavy atom. The molecule has 1 rings (SSSR count). The zero-order valence-corrected chi connectivity index (χ0v) is 34.4. The van der Waals surface area contributed by atoms with E-state index in [1.165, 1.54) is 51.4 Å². The second kappa shape index (κ2) is 32.8. The van der Waals surface area contributed by atoms with E-state index in [1.807, 2.05) is 14.1 Å². The number of ether oxygens (including phenoxy) is 6. The second-order valence-corrected chi connectivity index (χ2v) is 15.2. The molecule has 1 aliphatic heterocycles. The summed E-state index contributed by atoms with van der Waals surface area (Å²) in [4.78, 5) is 28.9. The normalized spacial score (nSPS) is 19.8. The van der Waals surface area contributed by atoms with E-state index in [4.69, 9.17) is 28.4 Å². The van der Waals surface area contributed by atoms with E-state index < -0.39 is 43.5 Å². The van der Waals surface area contributed by atoms with Crippen molar-refractivity contribution >= 4 is 12.3 Å². The molecule has 1 heterocycles. The van der Waals surface area contributed by atoms with Crippen molar-refractivity contribution in [2.45, 2.75) is 225 Å². The molecule has 0 aliphatic carbocycles. The number of rotatable bonds is 34. The monoisotopic (exact) mass is 744 g/mol. The van der Waals surface area contributed by atoms with Crippen LogP contribution >= 0.6 is 0 Å². The highest BCUT2D eigenvalue weighted by molar-refractivity contribution is 5.62. The molecule has 0 aromatic carbocycles. The molecule has 308 valence electrons. The molecule has 0 aromatic heterocycles. The summed E-state index contributed by atoms with van der Waals surface area (Å²) >= 11 is 0. The van der Waals surface area contributed by atoms with Crippen molar-refractivity contribution in [1.82, 2.24) is 4.90 Å². The number of nitrogens with zero attached hydrogens (tertiary/aromatic N) is 1. The molecular formula is C42H81NO9. The summed E-state index contributed by atoms with van der Waals surface area (Å²) in [5, 5.41) is 10.3. The first-order valence-electron chi connectivity index (χ1n) is 21.6. The molecule has 2 unspecified atom stereocenters. The third-order valence-electron chi connectivity index (χ3n) is 9.99. The van der Waals surface area contributed by atoms with Crippen LogP contribution in [0.25, 0.3) is 0 Å². The lowest BCUT2D eigenvalue weighted by molar-refractivity contribution is -0.175. The summed E-state index contributed by atoms with van der Waals surface area (Å²) in [5.74, 6) is 0. The van der Waals surface area contributed by atoms with E-state index in [0.29, 0.717) is 6.61 Å². The Morgan fingerprint density at radius 1 is 0.577 bits per heavy atom. The van der Waals surface area contributed by atoms with Crippen LogP contribution in [0.5, 0.6) is 0 Å². The predicted octanol–water partition coefficient (Wildman–Crippen LogP) is 10.9. The van der Waals surface area contributed by atoms with E-state index in [2.05, 4.69) is 32.6 Å². The van der Waals surface area contributed by atoms with Gasteiger partial charge in [0.05, 0.1) is 13.2 Å².